The standard InChI is InChI=1S/C21H26N4O2/c1-4-13-24-21(22-6-3)25-16-17-8-7-14-23-20(17)27-19-11-9-18(10-12-19)26-15-5-2/h1,7-12,14H,5-6,13,15-16H2,2-3H3,(H2,22,24,25). The topological polar surface area (TPSA) is 67.8 Å². The lowest BCUT2D eigenvalue weighted by Crippen LogP contribution is -2.37. The first-order chi connectivity index (χ1) is 13.3. The molecule has 6 heteroatoms. The van der Waals surface area contributed by atoms with Crippen molar-refractivity contribution in [3.63, 3.8) is 0 Å². The second-order valence-electron chi connectivity index (χ2n) is 5.64. The van der Waals surface area contributed by atoms with Crippen LogP contribution < -0.4 is 20.1 Å². The fourth-order valence-corrected chi connectivity index (χ4v) is 2.21. The molecule has 0 atom stereocenters. The molecule has 0 spiro atoms. The highest BCUT2D eigenvalue weighted by atomic mass is 16.5. The van der Waals surface area contributed by atoms with Crippen molar-refractivity contribution in [3.8, 4) is 29.7 Å². The van der Waals surface area contributed by atoms with Gasteiger partial charge in [-0.05, 0) is 43.7 Å². The zero-order valence-corrected chi connectivity index (χ0v) is 15.9. The number of nitrogens with one attached hydrogen (secondary N) is 2. The molecule has 6 nitrogen and oxygen atoms in total. The van der Waals surface area contributed by atoms with Crippen molar-refractivity contribution in [2.75, 3.05) is 19.7 Å². The minimum absolute atomic E-state index is 0.411. The minimum Gasteiger partial charge on any atom is -0.494 e. The van der Waals surface area contributed by atoms with Crippen LogP contribution in [0.4, 0.5) is 0 Å². The van der Waals surface area contributed by atoms with E-state index in [-0.39, 0.29) is 0 Å². The first-order valence-corrected chi connectivity index (χ1v) is 9.07. The summed E-state index contributed by atoms with van der Waals surface area (Å²) in [5.74, 6) is 5.23. The van der Waals surface area contributed by atoms with Crippen LogP contribution in [-0.2, 0) is 6.54 Å². The summed E-state index contributed by atoms with van der Waals surface area (Å²) in [6.45, 7) is 6.35. The normalized spacial score (nSPS) is 10.8. The average Bonchev–Trinajstić information content (AvgIpc) is 2.70. The quantitative estimate of drug-likeness (QED) is 0.405. The van der Waals surface area contributed by atoms with E-state index in [0.29, 0.717) is 37.3 Å². The summed E-state index contributed by atoms with van der Waals surface area (Å²) >= 11 is 0. The van der Waals surface area contributed by atoms with Gasteiger partial charge < -0.3 is 20.1 Å². The molecule has 0 unspecified atom stereocenters. The van der Waals surface area contributed by atoms with E-state index in [4.69, 9.17) is 15.9 Å². The Labute approximate surface area is 161 Å². The summed E-state index contributed by atoms with van der Waals surface area (Å²) in [4.78, 5) is 8.87. The number of hydrogen-bond acceptors (Lipinski definition) is 4. The van der Waals surface area contributed by atoms with Gasteiger partial charge in [0.1, 0.15) is 11.5 Å². The Hall–Kier alpha value is -3.20. The first-order valence-electron chi connectivity index (χ1n) is 9.07. The molecule has 1 aromatic carbocycles. The lowest BCUT2D eigenvalue weighted by Gasteiger charge is -2.11. The van der Waals surface area contributed by atoms with E-state index in [9.17, 15) is 0 Å². The fraction of sp³-hybridized carbons (Fsp3) is 0.333. The van der Waals surface area contributed by atoms with Crippen LogP contribution in [0.15, 0.2) is 47.6 Å². The first kappa shape index (κ1) is 20.1. The third kappa shape index (κ3) is 6.90. The number of rotatable bonds is 9. The van der Waals surface area contributed by atoms with E-state index < -0.39 is 0 Å². The van der Waals surface area contributed by atoms with E-state index in [0.717, 1.165) is 24.3 Å². The molecule has 0 saturated heterocycles. The van der Waals surface area contributed by atoms with Gasteiger partial charge in [-0.2, -0.15) is 0 Å². The SMILES string of the molecule is C#CCNC(=NCc1cccnc1Oc1ccc(OCCC)cc1)NCC. The number of aliphatic imine (C=N–C) groups is 1. The van der Waals surface area contributed by atoms with Crippen LogP contribution in [0.25, 0.3) is 0 Å². The van der Waals surface area contributed by atoms with Gasteiger partial charge in [0.05, 0.1) is 19.7 Å². The number of terminal acetylenes is 1. The zero-order chi connectivity index (χ0) is 19.3. The summed E-state index contributed by atoms with van der Waals surface area (Å²) in [5.41, 5.74) is 0.877. The lowest BCUT2D eigenvalue weighted by molar-refractivity contribution is 0.317. The molecule has 142 valence electrons. The molecule has 1 heterocycles. The van der Waals surface area contributed by atoms with Crippen molar-refractivity contribution < 1.29 is 9.47 Å². The summed E-state index contributed by atoms with van der Waals surface area (Å²) in [6, 6.07) is 11.3. The van der Waals surface area contributed by atoms with Gasteiger partial charge in [0.15, 0.2) is 5.96 Å². The Bertz CT molecular complexity index is 766. The maximum absolute atomic E-state index is 5.93. The number of guanidine groups is 1. The van der Waals surface area contributed by atoms with Gasteiger partial charge in [0.25, 0.3) is 0 Å². The van der Waals surface area contributed by atoms with Crippen molar-refractivity contribution >= 4 is 5.96 Å². The van der Waals surface area contributed by atoms with Crippen LogP contribution in [0.3, 0.4) is 0 Å². The van der Waals surface area contributed by atoms with Crippen molar-refractivity contribution in [2.24, 2.45) is 4.99 Å². The molecular formula is C21H26N4O2. The zero-order valence-electron chi connectivity index (χ0n) is 15.9. The van der Waals surface area contributed by atoms with Gasteiger partial charge >= 0.3 is 0 Å². The van der Waals surface area contributed by atoms with Gasteiger partial charge in [-0.25, -0.2) is 9.98 Å². The number of pyridine rings is 1. The Morgan fingerprint density at radius 3 is 2.63 bits per heavy atom. The van der Waals surface area contributed by atoms with E-state index in [1.807, 2.05) is 43.3 Å². The van der Waals surface area contributed by atoms with E-state index >= 15 is 0 Å². The lowest BCUT2D eigenvalue weighted by atomic mass is 10.2. The number of nitrogens with zero attached hydrogens (tertiary/aromatic N) is 2. The number of hydrogen-bond donors (Lipinski definition) is 2. The van der Waals surface area contributed by atoms with E-state index in [2.05, 4.69) is 33.5 Å². The Morgan fingerprint density at radius 1 is 1.15 bits per heavy atom. The maximum atomic E-state index is 5.93. The largest absolute Gasteiger partial charge is 0.494 e. The van der Waals surface area contributed by atoms with E-state index in [1.165, 1.54) is 0 Å². The molecule has 0 aliphatic heterocycles. The highest BCUT2D eigenvalue weighted by Crippen LogP contribution is 2.25. The number of ether oxygens (including phenoxy) is 2. The van der Waals surface area contributed by atoms with Gasteiger partial charge in [0.2, 0.25) is 5.88 Å². The van der Waals surface area contributed by atoms with Crippen LogP contribution >= 0.6 is 0 Å². The predicted molar refractivity (Wildman–Crippen MR) is 108 cm³/mol. The second-order valence-corrected chi connectivity index (χ2v) is 5.64. The Morgan fingerprint density at radius 2 is 1.93 bits per heavy atom. The second kappa shape index (κ2) is 11.4. The molecule has 1 aromatic heterocycles. The Kier molecular flexibility index (Phi) is 8.51. The predicted octanol–water partition coefficient (Wildman–Crippen LogP) is 3.35. The smallest absolute Gasteiger partial charge is 0.224 e. The van der Waals surface area contributed by atoms with Crippen molar-refractivity contribution in [3.05, 3.63) is 48.2 Å². The van der Waals surface area contributed by atoms with E-state index in [1.54, 1.807) is 6.20 Å². The monoisotopic (exact) mass is 366 g/mol. The van der Waals surface area contributed by atoms with Gasteiger partial charge in [0, 0.05) is 18.3 Å². The molecule has 0 aliphatic rings. The van der Waals surface area contributed by atoms with Gasteiger partial charge in [-0.15, -0.1) is 6.42 Å². The van der Waals surface area contributed by atoms with Crippen LogP contribution in [-0.4, -0.2) is 30.6 Å². The molecule has 0 aliphatic carbocycles. The molecule has 0 radical (unpaired) electrons. The summed E-state index contributed by atoms with van der Waals surface area (Å²) in [7, 11) is 0. The van der Waals surface area contributed by atoms with Crippen LogP contribution in [0.1, 0.15) is 25.8 Å². The molecule has 2 rings (SSSR count). The van der Waals surface area contributed by atoms with Crippen LogP contribution in [0.2, 0.25) is 0 Å². The molecule has 0 amide bonds. The third-order valence-electron chi connectivity index (χ3n) is 3.47. The molecule has 0 saturated carbocycles. The maximum Gasteiger partial charge on any atom is 0.224 e. The molecule has 0 fully saturated rings. The Balaban J connectivity index is 2.07. The van der Waals surface area contributed by atoms with Crippen LogP contribution in [0, 0.1) is 12.3 Å². The molecular weight excluding hydrogens is 340 g/mol. The fourth-order valence-electron chi connectivity index (χ4n) is 2.21. The van der Waals surface area contributed by atoms with Gasteiger partial charge in [-0.3, -0.25) is 0 Å². The molecule has 27 heavy (non-hydrogen) atoms. The summed E-state index contributed by atoms with van der Waals surface area (Å²) in [6.07, 6.45) is 7.96. The minimum atomic E-state index is 0.411. The van der Waals surface area contributed by atoms with Crippen molar-refractivity contribution in [1.82, 2.24) is 15.6 Å². The highest BCUT2D eigenvalue weighted by molar-refractivity contribution is 5.80. The number of benzene rings is 1. The number of aromatic nitrogens is 1. The highest BCUT2D eigenvalue weighted by Gasteiger charge is 2.07. The average molecular weight is 366 g/mol. The summed E-state index contributed by atoms with van der Waals surface area (Å²) in [5, 5.41) is 6.21. The van der Waals surface area contributed by atoms with Gasteiger partial charge in [-0.1, -0.05) is 18.9 Å². The molecule has 2 N–H and O–H groups in total. The summed E-state index contributed by atoms with van der Waals surface area (Å²) < 4.78 is 11.5. The van der Waals surface area contributed by atoms with Crippen molar-refractivity contribution in [2.45, 2.75) is 26.8 Å². The van der Waals surface area contributed by atoms with Crippen LogP contribution in [0.5, 0.6) is 17.4 Å². The van der Waals surface area contributed by atoms with Crippen molar-refractivity contribution in [1.29, 1.82) is 0 Å². The molecule has 2 aromatic rings. The third-order valence-corrected chi connectivity index (χ3v) is 3.47. The molecule has 0 bridgehead atoms.